The van der Waals surface area contributed by atoms with Crippen LogP contribution in [-0.2, 0) is 25.7 Å². The number of rotatable bonds is 9. The Kier molecular flexibility index (Phi) is 7.98. The van der Waals surface area contributed by atoms with Crippen molar-refractivity contribution in [3.05, 3.63) is 95.6 Å². The van der Waals surface area contributed by atoms with Gasteiger partial charge in [0.15, 0.2) is 0 Å². The molecule has 218 valence electrons. The van der Waals surface area contributed by atoms with Gasteiger partial charge in [-0.2, -0.15) is 0 Å². The summed E-state index contributed by atoms with van der Waals surface area (Å²) in [6.07, 6.45) is 0.741. The van der Waals surface area contributed by atoms with Crippen LogP contribution in [0, 0.1) is 11.8 Å². The molecule has 3 aromatic rings. The highest BCUT2D eigenvalue weighted by atomic mass is 16.5. The molecular weight excluding hydrogens is 532 g/mol. The quantitative estimate of drug-likeness (QED) is 0.367. The second kappa shape index (κ2) is 12.0. The molecule has 2 N–H and O–H groups in total. The van der Waals surface area contributed by atoms with Gasteiger partial charge in [0, 0.05) is 18.5 Å². The van der Waals surface area contributed by atoms with Crippen molar-refractivity contribution in [1.29, 1.82) is 0 Å². The van der Waals surface area contributed by atoms with Crippen LogP contribution in [0.25, 0.3) is 11.1 Å². The van der Waals surface area contributed by atoms with E-state index in [9.17, 15) is 19.5 Å². The number of piperidine rings is 2. The number of fused-ring (bicyclic) bond motifs is 6. The molecule has 2 aliphatic heterocycles. The van der Waals surface area contributed by atoms with E-state index in [4.69, 9.17) is 9.47 Å². The van der Waals surface area contributed by atoms with Crippen molar-refractivity contribution in [2.45, 2.75) is 56.9 Å². The minimum atomic E-state index is -1.03. The van der Waals surface area contributed by atoms with E-state index in [0.29, 0.717) is 19.4 Å². The zero-order valence-corrected chi connectivity index (χ0v) is 23.6. The Balaban J connectivity index is 1.18. The number of alkyl carbamates (subject to hydrolysis) is 1. The SMILES string of the molecule is C[C@H](OCc1ccccc1)[C@@H](NC(=O)OCC1c2ccccc2-c2ccccc21)C(=O)N1CC2CCC1C(C(=O)O)C2. The number of nitrogens with zero attached hydrogens (tertiary/aromatic N) is 1. The Morgan fingerprint density at radius 1 is 0.929 bits per heavy atom. The Bertz CT molecular complexity index is 1410. The molecule has 2 bridgehead atoms. The van der Waals surface area contributed by atoms with Gasteiger partial charge in [-0.25, -0.2) is 4.79 Å². The summed E-state index contributed by atoms with van der Waals surface area (Å²) in [5, 5.41) is 12.6. The first kappa shape index (κ1) is 28.0. The normalized spacial score (nSPS) is 22.1. The maximum atomic E-state index is 14.0. The summed E-state index contributed by atoms with van der Waals surface area (Å²) in [5.74, 6) is -1.78. The lowest BCUT2D eigenvalue weighted by molar-refractivity contribution is -0.158. The van der Waals surface area contributed by atoms with Gasteiger partial charge in [-0.1, -0.05) is 78.9 Å². The summed E-state index contributed by atoms with van der Waals surface area (Å²) in [7, 11) is 0. The molecule has 1 saturated carbocycles. The van der Waals surface area contributed by atoms with E-state index in [1.807, 2.05) is 54.6 Å². The Morgan fingerprint density at radius 3 is 2.21 bits per heavy atom. The number of hydrogen-bond acceptors (Lipinski definition) is 5. The van der Waals surface area contributed by atoms with E-state index < -0.39 is 36.2 Å². The van der Waals surface area contributed by atoms with Crippen molar-refractivity contribution in [2.75, 3.05) is 13.2 Å². The minimum absolute atomic E-state index is 0.113. The van der Waals surface area contributed by atoms with Crippen LogP contribution >= 0.6 is 0 Å². The number of benzene rings is 3. The maximum Gasteiger partial charge on any atom is 0.407 e. The summed E-state index contributed by atoms with van der Waals surface area (Å²) in [5.41, 5.74) is 5.41. The third kappa shape index (κ3) is 5.51. The summed E-state index contributed by atoms with van der Waals surface area (Å²) in [6.45, 7) is 2.63. The number of hydrogen-bond donors (Lipinski definition) is 2. The monoisotopic (exact) mass is 568 g/mol. The molecule has 0 spiro atoms. The van der Waals surface area contributed by atoms with Crippen molar-refractivity contribution < 1.29 is 29.0 Å². The van der Waals surface area contributed by atoms with Gasteiger partial charge in [0.1, 0.15) is 12.6 Å². The predicted octanol–water partition coefficient (Wildman–Crippen LogP) is 5.21. The first-order valence-corrected chi connectivity index (χ1v) is 14.7. The van der Waals surface area contributed by atoms with Crippen LogP contribution in [0.1, 0.15) is 48.8 Å². The fourth-order valence-corrected chi connectivity index (χ4v) is 6.94. The summed E-state index contributed by atoms with van der Waals surface area (Å²) < 4.78 is 11.9. The molecule has 3 unspecified atom stereocenters. The number of carboxylic acid groups (broad SMARTS) is 1. The van der Waals surface area contributed by atoms with Crippen LogP contribution in [0.2, 0.25) is 0 Å². The van der Waals surface area contributed by atoms with Crippen LogP contribution in [0.5, 0.6) is 0 Å². The van der Waals surface area contributed by atoms with E-state index in [0.717, 1.165) is 34.2 Å². The van der Waals surface area contributed by atoms with Crippen molar-refractivity contribution in [1.82, 2.24) is 10.2 Å². The maximum absolute atomic E-state index is 14.0. The Labute approximate surface area is 245 Å². The molecule has 2 amide bonds. The zero-order valence-electron chi connectivity index (χ0n) is 23.6. The van der Waals surface area contributed by atoms with Crippen molar-refractivity contribution in [3.8, 4) is 11.1 Å². The van der Waals surface area contributed by atoms with Gasteiger partial charge in [0.05, 0.1) is 18.6 Å². The molecule has 2 saturated heterocycles. The molecule has 0 aromatic heterocycles. The van der Waals surface area contributed by atoms with Crippen molar-refractivity contribution >= 4 is 18.0 Å². The number of carbonyl (C=O) groups excluding carboxylic acids is 2. The molecule has 2 aliphatic carbocycles. The predicted molar refractivity (Wildman–Crippen MR) is 157 cm³/mol. The summed E-state index contributed by atoms with van der Waals surface area (Å²) in [6, 6.07) is 24.4. The number of ether oxygens (including phenoxy) is 2. The lowest BCUT2D eigenvalue weighted by atomic mass is 9.72. The summed E-state index contributed by atoms with van der Waals surface area (Å²) >= 11 is 0. The number of carboxylic acids is 1. The van der Waals surface area contributed by atoms with Gasteiger partial charge in [-0.05, 0) is 59.9 Å². The van der Waals surface area contributed by atoms with Crippen molar-refractivity contribution in [3.63, 3.8) is 0 Å². The number of nitrogens with one attached hydrogen (secondary N) is 1. The second-order valence-corrected chi connectivity index (χ2v) is 11.6. The van der Waals surface area contributed by atoms with Gasteiger partial charge < -0.3 is 24.8 Å². The molecule has 0 radical (unpaired) electrons. The third-order valence-corrected chi connectivity index (χ3v) is 9.09. The fraction of sp³-hybridized carbons (Fsp3) is 0.382. The lowest BCUT2D eigenvalue weighted by Crippen LogP contribution is -2.63. The van der Waals surface area contributed by atoms with Gasteiger partial charge >= 0.3 is 12.1 Å². The van der Waals surface area contributed by atoms with E-state index in [-0.39, 0.29) is 31.0 Å². The van der Waals surface area contributed by atoms with Gasteiger partial charge in [-0.3, -0.25) is 9.59 Å². The molecule has 42 heavy (non-hydrogen) atoms. The number of carbonyl (C=O) groups is 3. The topological polar surface area (TPSA) is 105 Å². The Hall–Kier alpha value is -4.17. The second-order valence-electron chi connectivity index (χ2n) is 11.6. The van der Waals surface area contributed by atoms with E-state index >= 15 is 0 Å². The van der Waals surface area contributed by atoms with Crippen LogP contribution in [-0.4, -0.2) is 59.3 Å². The largest absolute Gasteiger partial charge is 0.481 e. The zero-order chi connectivity index (χ0) is 29.2. The van der Waals surface area contributed by atoms with Gasteiger partial charge in [-0.15, -0.1) is 0 Å². The summed E-state index contributed by atoms with van der Waals surface area (Å²) in [4.78, 5) is 40.9. The molecule has 5 atom stereocenters. The van der Waals surface area contributed by atoms with Gasteiger partial charge in [0.25, 0.3) is 0 Å². The molecule has 7 rings (SSSR count). The van der Waals surface area contributed by atoms with Crippen molar-refractivity contribution in [2.24, 2.45) is 11.8 Å². The average molecular weight is 569 g/mol. The van der Waals surface area contributed by atoms with Crippen LogP contribution in [0.3, 0.4) is 0 Å². The molecule has 3 fully saturated rings. The first-order valence-electron chi connectivity index (χ1n) is 14.7. The fourth-order valence-electron chi connectivity index (χ4n) is 6.94. The van der Waals surface area contributed by atoms with Crippen LogP contribution < -0.4 is 5.32 Å². The van der Waals surface area contributed by atoms with E-state index in [1.54, 1.807) is 11.8 Å². The first-order chi connectivity index (χ1) is 20.4. The standard InChI is InChI=1S/C34H36N2O6/c1-21(41-19-22-9-3-2-4-10-22)31(32(37)36-18-23-15-16-30(36)28(17-23)33(38)39)35-34(40)42-20-29-26-13-7-5-11-24(26)25-12-6-8-14-27(25)29/h2-14,21,23,28-31H,15-20H2,1H3,(H,35,40)(H,38,39)/t21-,23?,28?,30?,31+/m0/s1. The minimum Gasteiger partial charge on any atom is -0.481 e. The molecule has 2 heterocycles. The molecule has 8 nitrogen and oxygen atoms in total. The highest BCUT2D eigenvalue weighted by molar-refractivity contribution is 5.87. The third-order valence-electron chi connectivity index (χ3n) is 9.09. The number of amides is 2. The smallest absolute Gasteiger partial charge is 0.407 e. The highest BCUT2D eigenvalue weighted by Gasteiger charge is 2.48. The molecule has 8 heteroatoms. The molecule has 4 aliphatic rings. The van der Waals surface area contributed by atoms with E-state index in [2.05, 4.69) is 29.6 Å². The Morgan fingerprint density at radius 2 is 1.57 bits per heavy atom. The highest BCUT2D eigenvalue weighted by Crippen LogP contribution is 2.44. The molecular formula is C34H36N2O6. The van der Waals surface area contributed by atoms with Gasteiger partial charge in [0.2, 0.25) is 5.91 Å². The molecule has 3 aromatic carbocycles. The van der Waals surface area contributed by atoms with Crippen LogP contribution in [0.4, 0.5) is 4.79 Å². The number of aliphatic carboxylic acids is 1. The average Bonchev–Trinajstić information content (AvgIpc) is 3.35. The van der Waals surface area contributed by atoms with E-state index in [1.165, 1.54) is 0 Å². The van der Waals surface area contributed by atoms with Crippen LogP contribution in [0.15, 0.2) is 78.9 Å². The lowest BCUT2D eigenvalue weighted by Gasteiger charge is -2.49.